The Morgan fingerprint density at radius 2 is 2.00 bits per heavy atom. The first-order chi connectivity index (χ1) is 15.5. The van der Waals surface area contributed by atoms with Gasteiger partial charge >= 0.3 is 5.97 Å². The van der Waals surface area contributed by atoms with Crippen LogP contribution in [0.3, 0.4) is 0 Å². The summed E-state index contributed by atoms with van der Waals surface area (Å²) in [5.41, 5.74) is 3.37. The van der Waals surface area contributed by atoms with E-state index in [1.807, 2.05) is 42.6 Å². The van der Waals surface area contributed by atoms with Crippen LogP contribution in [0.25, 0.3) is 27.2 Å². The number of carboxylic acids is 1. The first-order valence-corrected chi connectivity index (χ1v) is 10.8. The van der Waals surface area contributed by atoms with Crippen LogP contribution in [0.4, 0.5) is 0 Å². The first-order valence-electron chi connectivity index (χ1n) is 9.96. The van der Waals surface area contributed by atoms with E-state index < -0.39 is 5.97 Å². The topological polar surface area (TPSA) is 80.9 Å². The molecule has 2 aromatic carbocycles. The molecule has 32 heavy (non-hydrogen) atoms. The van der Waals surface area contributed by atoms with Crippen LogP contribution in [-0.4, -0.2) is 20.5 Å². The molecule has 3 aromatic heterocycles. The molecule has 7 heteroatoms. The highest BCUT2D eigenvalue weighted by atomic mass is 79.9. The Labute approximate surface area is 190 Å². The Morgan fingerprint density at radius 3 is 2.78 bits per heavy atom. The number of fused-ring (bicyclic) bond motifs is 3. The van der Waals surface area contributed by atoms with Crippen molar-refractivity contribution in [2.75, 3.05) is 0 Å². The van der Waals surface area contributed by atoms with Crippen molar-refractivity contribution in [3.8, 4) is 5.75 Å². The number of benzene rings is 2. The Hall–Kier alpha value is -3.71. The summed E-state index contributed by atoms with van der Waals surface area (Å²) in [6.07, 6.45) is 8.47. The van der Waals surface area contributed by atoms with E-state index in [0.717, 1.165) is 31.8 Å². The van der Waals surface area contributed by atoms with E-state index in [1.165, 1.54) is 12.3 Å². The summed E-state index contributed by atoms with van der Waals surface area (Å²) in [4.78, 5) is 28.4. The fourth-order valence-electron chi connectivity index (χ4n) is 4.01. The lowest BCUT2D eigenvalue weighted by atomic mass is 10.0. The van der Waals surface area contributed by atoms with E-state index in [-0.39, 0.29) is 11.8 Å². The summed E-state index contributed by atoms with van der Waals surface area (Å²) >= 11 is 3.54. The van der Waals surface area contributed by atoms with Crippen LogP contribution in [-0.2, 0) is 11.2 Å². The Kier molecular flexibility index (Phi) is 5.11. The van der Waals surface area contributed by atoms with Gasteiger partial charge in [-0.25, -0.2) is 0 Å². The molecule has 5 rings (SSSR count). The maximum Gasteiger partial charge on any atom is 0.307 e. The van der Waals surface area contributed by atoms with Gasteiger partial charge in [0.15, 0.2) is 5.43 Å². The second-order valence-corrected chi connectivity index (χ2v) is 8.42. The molecule has 1 N–H and O–H groups in total. The third kappa shape index (κ3) is 3.61. The second-order valence-electron chi connectivity index (χ2n) is 7.51. The highest BCUT2D eigenvalue weighted by molar-refractivity contribution is 9.10. The number of hydrogen-bond acceptors (Lipinski definition) is 4. The average molecular weight is 489 g/mol. The van der Waals surface area contributed by atoms with Crippen molar-refractivity contribution in [1.82, 2.24) is 9.38 Å². The fourth-order valence-corrected chi connectivity index (χ4v) is 4.38. The van der Waals surface area contributed by atoms with Gasteiger partial charge in [-0.1, -0.05) is 22.0 Å². The van der Waals surface area contributed by atoms with Crippen molar-refractivity contribution in [2.45, 2.75) is 12.8 Å². The molecule has 0 aliphatic carbocycles. The van der Waals surface area contributed by atoms with Gasteiger partial charge in [0, 0.05) is 45.8 Å². The molecule has 0 saturated heterocycles. The number of nitrogens with zero attached hydrogens (tertiary/aromatic N) is 2. The normalized spacial score (nSPS) is 11.8. The highest BCUT2D eigenvalue weighted by Crippen LogP contribution is 2.35. The number of hydrogen-bond donors (Lipinski definition) is 1. The van der Waals surface area contributed by atoms with Gasteiger partial charge in [-0.15, -0.1) is 0 Å². The predicted molar refractivity (Wildman–Crippen MR) is 127 cm³/mol. The van der Waals surface area contributed by atoms with Crippen molar-refractivity contribution >= 4 is 49.1 Å². The standard InChI is InChI=1S/C25H17BrN2O4/c26-17-5-6-22-19(10-17)20-11-18(32-8-2-4-23(29)30)12-21-24(20)28(22)14-16(25(21)31)9-15-3-1-7-27-13-15/h1-3,5-8,10-14H,4,9H2,(H,29,30)/b8-2+. The minimum atomic E-state index is -0.941. The number of carboxylic acid groups (broad SMARTS) is 1. The molecule has 0 fully saturated rings. The number of aromatic nitrogens is 2. The monoisotopic (exact) mass is 488 g/mol. The molecule has 0 amide bonds. The van der Waals surface area contributed by atoms with E-state index in [9.17, 15) is 9.59 Å². The van der Waals surface area contributed by atoms with E-state index >= 15 is 0 Å². The van der Waals surface area contributed by atoms with Crippen LogP contribution in [0.5, 0.6) is 5.75 Å². The van der Waals surface area contributed by atoms with Crippen LogP contribution in [0.2, 0.25) is 0 Å². The number of halogens is 1. The van der Waals surface area contributed by atoms with E-state index in [2.05, 4.69) is 25.3 Å². The zero-order valence-corrected chi connectivity index (χ0v) is 18.4. The smallest absolute Gasteiger partial charge is 0.307 e. The Balaban J connectivity index is 1.74. The van der Waals surface area contributed by atoms with Crippen LogP contribution < -0.4 is 10.2 Å². The summed E-state index contributed by atoms with van der Waals surface area (Å²) in [7, 11) is 0. The van der Waals surface area contributed by atoms with Crippen LogP contribution in [0.1, 0.15) is 17.5 Å². The second kappa shape index (κ2) is 8.09. The molecule has 0 atom stereocenters. The summed E-state index contributed by atoms with van der Waals surface area (Å²) in [5, 5.41) is 11.2. The minimum absolute atomic E-state index is 0.0619. The van der Waals surface area contributed by atoms with Gasteiger partial charge in [-0.3, -0.25) is 14.6 Å². The van der Waals surface area contributed by atoms with E-state index in [0.29, 0.717) is 23.1 Å². The van der Waals surface area contributed by atoms with Crippen LogP contribution in [0.15, 0.2) is 82.7 Å². The lowest BCUT2D eigenvalue weighted by molar-refractivity contribution is -0.136. The van der Waals surface area contributed by atoms with Gasteiger partial charge in [-0.05, 0) is 48.0 Å². The number of ether oxygens (including phenoxy) is 1. The number of carbonyl (C=O) groups is 1. The van der Waals surface area contributed by atoms with Crippen LogP contribution >= 0.6 is 15.9 Å². The molecule has 0 saturated carbocycles. The van der Waals surface area contributed by atoms with Gasteiger partial charge in [0.2, 0.25) is 0 Å². The average Bonchev–Trinajstić information content (AvgIpc) is 3.08. The minimum Gasteiger partial charge on any atom is -0.481 e. The van der Waals surface area contributed by atoms with Gasteiger partial charge in [0.05, 0.1) is 29.1 Å². The van der Waals surface area contributed by atoms with Crippen molar-refractivity contribution in [3.05, 3.63) is 99.2 Å². The maximum absolute atomic E-state index is 13.5. The molecule has 0 bridgehead atoms. The molecule has 5 aromatic rings. The van der Waals surface area contributed by atoms with Gasteiger partial charge in [0.25, 0.3) is 0 Å². The molecule has 6 nitrogen and oxygen atoms in total. The SMILES string of the molecule is O=C(O)C/C=C/Oc1cc2c(=O)c(Cc3cccnc3)cn3c4ccc(Br)cc4c(c1)c23. The summed E-state index contributed by atoms with van der Waals surface area (Å²) < 4.78 is 8.67. The van der Waals surface area contributed by atoms with Crippen molar-refractivity contribution in [3.63, 3.8) is 0 Å². The molecule has 3 heterocycles. The lowest BCUT2D eigenvalue weighted by Gasteiger charge is -2.08. The highest BCUT2D eigenvalue weighted by Gasteiger charge is 2.18. The summed E-state index contributed by atoms with van der Waals surface area (Å²) in [6, 6.07) is 13.4. The largest absolute Gasteiger partial charge is 0.481 e. The summed E-state index contributed by atoms with van der Waals surface area (Å²) in [6.45, 7) is 0. The van der Waals surface area contributed by atoms with E-state index in [1.54, 1.807) is 18.5 Å². The summed E-state index contributed by atoms with van der Waals surface area (Å²) in [5.74, 6) is -0.465. The molecular weight excluding hydrogens is 472 g/mol. The third-order valence-electron chi connectivity index (χ3n) is 5.36. The maximum atomic E-state index is 13.5. The van der Waals surface area contributed by atoms with Crippen molar-refractivity contribution in [1.29, 1.82) is 0 Å². The third-order valence-corrected chi connectivity index (χ3v) is 5.86. The van der Waals surface area contributed by atoms with E-state index in [4.69, 9.17) is 9.84 Å². The van der Waals surface area contributed by atoms with Gasteiger partial charge in [-0.2, -0.15) is 0 Å². The Bertz CT molecular complexity index is 1560. The zero-order chi connectivity index (χ0) is 22.2. The lowest BCUT2D eigenvalue weighted by Crippen LogP contribution is -2.12. The first kappa shape index (κ1) is 20.2. The molecule has 0 aliphatic rings. The number of pyridine rings is 2. The Morgan fingerprint density at radius 1 is 1.16 bits per heavy atom. The fraction of sp³-hybridized carbons (Fsp3) is 0.0800. The number of aliphatic carboxylic acids is 1. The molecule has 0 radical (unpaired) electrons. The van der Waals surface area contributed by atoms with Crippen LogP contribution in [0, 0.1) is 0 Å². The predicted octanol–water partition coefficient (Wildman–Crippen LogP) is 5.16. The van der Waals surface area contributed by atoms with Gasteiger partial charge < -0.3 is 14.2 Å². The van der Waals surface area contributed by atoms with Crippen molar-refractivity contribution in [2.24, 2.45) is 0 Å². The molecule has 0 spiro atoms. The molecular formula is C25H17BrN2O4. The number of rotatable bonds is 6. The molecule has 158 valence electrons. The molecule has 0 aliphatic heterocycles. The quantitative estimate of drug-likeness (QED) is 0.334. The van der Waals surface area contributed by atoms with Gasteiger partial charge in [0.1, 0.15) is 5.75 Å². The van der Waals surface area contributed by atoms with Crippen molar-refractivity contribution < 1.29 is 14.6 Å². The molecule has 0 unspecified atom stereocenters. The zero-order valence-electron chi connectivity index (χ0n) is 16.8.